The molecule has 7 nitrogen and oxygen atoms in total. The van der Waals surface area contributed by atoms with Crippen LogP contribution in [0.3, 0.4) is 0 Å². The van der Waals surface area contributed by atoms with Gasteiger partial charge >= 0.3 is 0 Å². The average molecular weight is 653 g/mol. The first kappa shape index (κ1) is 33.7. The number of carbonyl (C=O) groups is 2. The number of anilines is 1. The highest BCUT2D eigenvalue weighted by atomic mass is 35.5. The third-order valence-electron chi connectivity index (χ3n) is 6.93. The molecule has 0 aromatic heterocycles. The summed E-state index contributed by atoms with van der Waals surface area (Å²) < 4.78 is 29.2. The van der Waals surface area contributed by atoms with Crippen LogP contribution >= 0.6 is 34.8 Å². The van der Waals surface area contributed by atoms with E-state index in [2.05, 4.69) is 5.32 Å². The topological polar surface area (TPSA) is 86.8 Å². The molecular formula is C31H36Cl3N3O4S. The first-order valence-electron chi connectivity index (χ1n) is 13.8. The first-order valence-corrected chi connectivity index (χ1v) is 16.3. The molecule has 0 aliphatic carbocycles. The zero-order valence-corrected chi connectivity index (χ0v) is 27.2. The number of sulfonamides is 1. The second-order valence-electron chi connectivity index (χ2n) is 10.0. The summed E-state index contributed by atoms with van der Waals surface area (Å²) in [4.78, 5) is 28.9. The van der Waals surface area contributed by atoms with Gasteiger partial charge in [-0.1, -0.05) is 84.9 Å². The Morgan fingerprint density at radius 2 is 1.57 bits per heavy atom. The van der Waals surface area contributed by atoms with Gasteiger partial charge in [0.25, 0.3) is 10.0 Å². The van der Waals surface area contributed by atoms with Crippen LogP contribution in [-0.2, 0) is 26.2 Å². The highest BCUT2D eigenvalue weighted by Crippen LogP contribution is 2.31. The Morgan fingerprint density at radius 1 is 0.929 bits per heavy atom. The Kier molecular flexibility index (Phi) is 12.1. The summed E-state index contributed by atoms with van der Waals surface area (Å²) in [5, 5.41) is 3.87. The minimum absolute atomic E-state index is 0.0188. The molecule has 226 valence electrons. The minimum Gasteiger partial charge on any atom is -0.354 e. The third-order valence-corrected chi connectivity index (χ3v) is 9.65. The molecule has 0 bridgehead atoms. The van der Waals surface area contributed by atoms with Crippen molar-refractivity contribution in [1.29, 1.82) is 0 Å². The van der Waals surface area contributed by atoms with Gasteiger partial charge in [-0.25, -0.2) is 8.42 Å². The summed E-state index contributed by atoms with van der Waals surface area (Å²) in [6.45, 7) is 7.18. The van der Waals surface area contributed by atoms with Crippen molar-refractivity contribution in [3.8, 4) is 0 Å². The van der Waals surface area contributed by atoms with Gasteiger partial charge in [0.2, 0.25) is 11.8 Å². The molecule has 0 aliphatic rings. The number of rotatable bonds is 13. The number of halogens is 3. The minimum atomic E-state index is -4.22. The van der Waals surface area contributed by atoms with Gasteiger partial charge in [0.1, 0.15) is 12.6 Å². The average Bonchev–Trinajstić information content (AvgIpc) is 2.94. The van der Waals surface area contributed by atoms with Gasteiger partial charge in [0.15, 0.2) is 0 Å². The van der Waals surface area contributed by atoms with Crippen molar-refractivity contribution in [3.63, 3.8) is 0 Å². The molecule has 3 aromatic rings. The fraction of sp³-hybridized carbons (Fsp3) is 0.355. The fourth-order valence-corrected chi connectivity index (χ4v) is 6.64. The van der Waals surface area contributed by atoms with E-state index in [1.54, 1.807) is 56.3 Å². The molecule has 3 rings (SSSR count). The van der Waals surface area contributed by atoms with Crippen molar-refractivity contribution in [2.45, 2.75) is 64.4 Å². The zero-order valence-electron chi connectivity index (χ0n) is 24.2. The number of nitrogens with one attached hydrogen (secondary N) is 1. The predicted octanol–water partition coefficient (Wildman–Crippen LogP) is 7.18. The van der Waals surface area contributed by atoms with Gasteiger partial charge < -0.3 is 10.2 Å². The molecule has 1 N–H and O–H groups in total. The maximum Gasteiger partial charge on any atom is 0.264 e. The maximum atomic E-state index is 14.2. The lowest BCUT2D eigenvalue weighted by Crippen LogP contribution is -2.52. The van der Waals surface area contributed by atoms with Gasteiger partial charge in [0.05, 0.1) is 10.6 Å². The Balaban J connectivity index is 2.12. The van der Waals surface area contributed by atoms with Crippen molar-refractivity contribution in [2.75, 3.05) is 17.4 Å². The molecule has 1 atom stereocenters. The van der Waals surface area contributed by atoms with Crippen LogP contribution in [0.5, 0.6) is 0 Å². The molecule has 0 aliphatic heterocycles. The van der Waals surface area contributed by atoms with Crippen molar-refractivity contribution in [1.82, 2.24) is 10.2 Å². The van der Waals surface area contributed by atoms with E-state index in [0.29, 0.717) is 32.7 Å². The normalized spacial score (nSPS) is 12.1. The van der Waals surface area contributed by atoms with Crippen LogP contribution in [0.2, 0.25) is 15.1 Å². The fourth-order valence-electron chi connectivity index (χ4n) is 4.48. The maximum absolute atomic E-state index is 14.2. The summed E-state index contributed by atoms with van der Waals surface area (Å²) in [5.74, 6) is -0.937. The third kappa shape index (κ3) is 8.19. The summed E-state index contributed by atoms with van der Waals surface area (Å²) >= 11 is 19.2. The number of nitrogens with zero attached hydrogens (tertiary/aromatic N) is 2. The highest BCUT2D eigenvalue weighted by molar-refractivity contribution is 7.92. The van der Waals surface area contributed by atoms with Gasteiger partial charge in [-0.15, -0.1) is 0 Å². The Bertz CT molecular complexity index is 1490. The van der Waals surface area contributed by atoms with Crippen LogP contribution < -0.4 is 9.62 Å². The highest BCUT2D eigenvalue weighted by Gasteiger charge is 2.34. The van der Waals surface area contributed by atoms with E-state index in [1.165, 1.54) is 23.1 Å². The van der Waals surface area contributed by atoms with E-state index >= 15 is 0 Å². The molecule has 11 heteroatoms. The molecule has 0 saturated heterocycles. The molecule has 0 radical (unpaired) electrons. The van der Waals surface area contributed by atoms with E-state index in [9.17, 15) is 18.0 Å². The summed E-state index contributed by atoms with van der Waals surface area (Å²) in [6.07, 6.45) is 1.95. The molecule has 0 spiro atoms. The standard InChI is InChI=1S/C31H36Cl3N3O4S/c1-5-7-17-35-31(39)28(6-2)36(19-25-26(33)9-8-10-27(25)34)30(38)20-37(29-18-23(32)14-13-22(29)4)42(40,41)24-15-11-21(3)12-16-24/h8-16,18,28H,5-7,17,19-20H2,1-4H3,(H,35,39). The van der Waals surface area contributed by atoms with Gasteiger partial charge in [-0.3, -0.25) is 13.9 Å². The Hall–Kier alpha value is -2.78. The van der Waals surface area contributed by atoms with Crippen molar-refractivity contribution >= 4 is 62.3 Å². The molecule has 0 fully saturated rings. The molecule has 0 saturated carbocycles. The lowest BCUT2D eigenvalue weighted by Gasteiger charge is -2.34. The van der Waals surface area contributed by atoms with E-state index in [4.69, 9.17) is 34.8 Å². The van der Waals surface area contributed by atoms with Crippen molar-refractivity contribution < 1.29 is 18.0 Å². The number of amides is 2. The molecule has 2 amide bonds. The summed E-state index contributed by atoms with van der Waals surface area (Å²) in [5.41, 5.74) is 2.21. The van der Waals surface area contributed by atoms with E-state index in [-0.39, 0.29) is 29.5 Å². The largest absolute Gasteiger partial charge is 0.354 e. The molecule has 1 unspecified atom stereocenters. The van der Waals surface area contributed by atoms with Gasteiger partial charge in [0, 0.05) is 33.7 Å². The molecule has 0 heterocycles. The van der Waals surface area contributed by atoms with Crippen LogP contribution in [0, 0.1) is 13.8 Å². The zero-order chi connectivity index (χ0) is 31.0. The van der Waals surface area contributed by atoms with Crippen LogP contribution in [0.15, 0.2) is 65.6 Å². The predicted molar refractivity (Wildman–Crippen MR) is 171 cm³/mol. The number of unbranched alkanes of at least 4 members (excludes halogenated alkanes) is 1. The van der Waals surface area contributed by atoms with E-state index in [0.717, 1.165) is 22.7 Å². The number of carbonyl (C=O) groups excluding carboxylic acids is 2. The monoisotopic (exact) mass is 651 g/mol. The Labute approximate surface area is 263 Å². The summed E-state index contributed by atoms with van der Waals surface area (Å²) in [6, 6.07) is 15.3. The van der Waals surface area contributed by atoms with Crippen molar-refractivity contribution in [2.24, 2.45) is 0 Å². The summed E-state index contributed by atoms with van der Waals surface area (Å²) in [7, 11) is -4.22. The lowest BCUT2D eigenvalue weighted by molar-refractivity contribution is -0.140. The Morgan fingerprint density at radius 3 is 2.17 bits per heavy atom. The van der Waals surface area contributed by atoms with Gasteiger partial charge in [-0.2, -0.15) is 0 Å². The van der Waals surface area contributed by atoms with Crippen molar-refractivity contribution in [3.05, 3.63) is 92.4 Å². The van der Waals surface area contributed by atoms with E-state index in [1.807, 2.05) is 13.8 Å². The number of hydrogen-bond acceptors (Lipinski definition) is 4. The SMILES string of the molecule is CCCCNC(=O)C(CC)N(Cc1c(Cl)cccc1Cl)C(=O)CN(c1cc(Cl)ccc1C)S(=O)(=O)c1ccc(C)cc1. The smallest absolute Gasteiger partial charge is 0.264 e. The van der Waals surface area contributed by atoms with Crippen LogP contribution in [0.1, 0.15) is 49.8 Å². The van der Waals surface area contributed by atoms with Crippen LogP contribution in [0.25, 0.3) is 0 Å². The van der Waals surface area contributed by atoms with E-state index < -0.39 is 28.5 Å². The van der Waals surface area contributed by atoms with Gasteiger partial charge in [-0.05, 0) is 68.7 Å². The molecule has 3 aromatic carbocycles. The first-order chi connectivity index (χ1) is 19.9. The number of hydrogen-bond donors (Lipinski definition) is 1. The number of benzene rings is 3. The van der Waals surface area contributed by atoms with Crippen LogP contribution in [0.4, 0.5) is 5.69 Å². The second-order valence-corrected chi connectivity index (χ2v) is 13.2. The lowest BCUT2D eigenvalue weighted by atomic mass is 10.1. The van der Waals surface area contributed by atoms with Crippen LogP contribution in [-0.4, -0.2) is 44.3 Å². The molecular weight excluding hydrogens is 617 g/mol. The second kappa shape index (κ2) is 15.1. The number of aryl methyl sites for hydroxylation is 2. The quantitative estimate of drug-likeness (QED) is 0.198. The molecule has 42 heavy (non-hydrogen) atoms.